The van der Waals surface area contributed by atoms with Crippen molar-refractivity contribution in [2.75, 3.05) is 0 Å². The molecule has 0 radical (unpaired) electrons. The summed E-state index contributed by atoms with van der Waals surface area (Å²) in [6.45, 7) is 14.3. The second kappa shape index (κ2) is 14.2. The second-order valence-corrected chi connectivity index (χ2v) is 15.9. The van der Waals surface area contributed by atoms with Gasteiger partial charge >= 0.3 is 260 Å². The number of halogens is 2. The molecule has 219 valence electrons. The van der Waals surface area contributed by atoms with E-state index in [2.05, 4.69) is 145 Å². The molecule has 43 heavy (non-hydrogen) atoms. The summed E-state index contributed by atoms with van der Waals surface area (Å²) in [5.74, 6) is 1.44. The summed E-state index contributed by atoms with van der Waals surface area (Å²) < 4.78 is 2.06. The van der Waals surface area contributed by atoms with Gasteiger partial charge < -0.3 is 24.8 Å². The van der Waals surface area contributed by atoms with Crippen LogP contribution in [0.4, 0.5) is 0 Å². The van der Waals surface area contributed by atoms with E-state index in [0.29, 0.717) is 21.4 Å². The fourth-order valence-electron chi connectivity index (χ4n) is 6.93. The van der Waals surface area contributed by atoms with Crippen LogP contribution in [0.2, 0.25) is 0 Å². The van der Waals surface area contributed by atoms with Gasteiger partial charge in [0.25, 0.3) is 0 Å². The number of benzene rings is 4. The van der Waals surface area contributed by atoms with Gasteiger partial charge in [0, 0.05) is 0 Å². The zero-order chi connectivity index (χ0) is 28.7. The molecule has 0 saturated heterocycles. The van der Waals surface area contributed by atoms with Gasteiger partial charge in [0.15, 0.2) is 0 Å². The molecule has 0 heterocycles. The van der Waals surface area contributed by atoms with Crippen LogP contribution in [0.25, 0.3) is 16.7 Å². The van der Waals surface area contributed by atoms with Gasteiger partial charge in [-0.15, -0.1) is 0 Å². The Labute approximate surface area is 282 Å². The first-order chi connectivity index (χ1) is 19.9. The van der Waals surface area contributed by atoms with Crippen LogP contribution in [0.1, 0.15) is 114 Å². The molecule has 0 aromatic heterocycles. The normalized spacial score (nSPS) is 14.6. The number of allylic oxidation sites excluding steroid dienone is 4. The molecule has 2 aliphatic carbocycles. The average Bonchev–Trinajstić information content (AvgIpc) is 3.62. The summed E-state index contributed by atoms with van der Waals surface area (Å²) in [5.41, 5.74) is 16.8. The Morgan fingerprint density at radius 1 is 0.674 bits per heavy atom. The smallest absolute Gasteiger partial charge is 1.00 e. The molecular formula is C40H41Cl2Zr. The van der Waals surface area contributed by atoms with Crippen molar-refractivity contribution in [2.45, 2.75) is 69.3 Å². The van der Waals surface area contributed by atoms with Crippen LogP contribution < -0.4 is 24.8 Å². The van der Waals surface area contributed by atoms with Gasteiger partial charge in [-0.3, -0.25) is 0 Å². The van der Waals surface area contributed by atoms with Crippen LogP contribution in [-0.4, -0.2) is 3.21 Å². The Kier molecular flexibility index (Phi) is 11.1. The van der Waals surface area contributed by atoms with Crippen LogP contribution in [0.5, 0.6) is 0 Å². The zero-order valence-electron chi connectivity index (χ0n) is 26.1. The standard InChI is InChI=1S/C27H31.C13H10.2ClH.Zr/c1-16(2)21-13-9-12-20-14-23-24(26(20)21)15-22(17(3)4)25(18(5)6)27(23)19-10-7-8-11-19;1-3-7-12(8-4-1)11-13-9-5-2-6-10-13;;;/h7-10,12-18H,11H2,1-6H3;1-10H;2*1H;/q;;;;+2/p-2. The van der Waals surface area contributed by atoms with Crippen LogP contribution in [0, 0.1) is 0 Å². The average molecular weight is 684 g/mol. The third-order valence-corrected chi connectivity index (χ3v) is 13.1. The molecule has 0 spiro atoms. The molecule has 1 atom stereocenters. The van der Waals surface area contributed by atoms with Crippen LogP contribution >= 0.6 is 0 Å². The molecule has 1 unspecified atom stereocenters. The Morgan fingerprint density at radius 3 is 1.79 bits per heavy atom. The van der Waals surface area contributed by atoms with Gasteiger partial charge in [0.05, 0.1) is 0 Å². The monoisotopic (exact) mass is 681 g/mol. The molecule has 0 bridgehead atoms. The summed E-state index contributed by atoms with van der Waals surface area (Å²) in [7, 11) is 0. The second-order valence-electron chi connectivity index (χ2n) is 12.5. The molecular weight excluding hydrogens is 643 g/mol. The minimum Gasteiger partial charge on any atom is -1.00 e. The third kappa shape index (κ3) is 6.29. The fraction of sp³-hybridized carbons (Fsp3) is 0.275. The number of hydrogen-bond acceptors (Lipinski definition) is 0. The summed E-state index contributed by atoms with van der Waals surface area (Å²) in [4.78, 5) is 0. The molecule has 4 aromatic carbocycles. The van der Waals surface area contributed by atoms with Crippen LogP contribution in [0.3, 0.4) is 0 Å². The minimum absolute atomic E-state index is 0. The van der Waals surface area contributed by atoms with E-state index < -0.39 is 22.8 Å². The maximum absolute atomic E-state index is 2.62. The molecule has 0 fully saturated rings. The van der Waals surface area contributed by atoms with Crippen molar-refractivity contribution in [2.24, 2.45) is 0 Å². The maximum atomic E-state index is 2.62. The Balaban J connectivity index is 0.00000212. The van der Waals surface area contributed by atoms with E-state index in [-0.39, 0.29) is 24.8 Å². The van der Waals surface area contributed by atoms with Crippen molar-refractivity contribution in [3.05, 3.63) is 148 Å². The van der Waals surface area contributed by atoms with Crippen LogP contribution in [-0.2, 0) is 22.8 Å². The van der Waals surface area contributed by atoms with Gasteiger partial charge in [-0.2, -0.15) is 0 Å². The van der Waals surface area contributed by atoms with E-state index in [1.165, 1.54) is 39.0 Å². The van der Waals surface area contributed by atoms with E-state index in [4.69, 9.17) is 0 Å². The molecule has 2 aliphatic rings. The van der Waals surface area contributed by atoms with E-state index in [1.807, 2.05) is 0 Å². The van der Waals surface area contributed by atoms with Gasteiger partial charge in [-0.25, -0.2) is 0 Å². The molecule has 0 saturated carbocycles. The van der Waals surface area contributed by atoms with Crippen molar-refractivity contribution in [1.82, 2.24) is 0 Å². The van der Waals surface area contributed by atoms with Crippen molar-refractivity contribution in [1.29, 1.82) is 0 Å². The van der Waals surface area contributed by atoms with Crippen LogP contribution in [0.15, 0.2) is 103 Å². The first-order valence-corrected chi connectivity index (χ1v) is 18.0. The van der Waals surface area contributed by atoms with Crippen molar-refractivity contribution >= 4 is 8.78 Å². The molecule has 0 N–H and O–H groups in total. The first-order valence-electron chi connectivity index (χ1n) is 15.3. The largest absolute Gasteiger partial charge is 1.00 e. The summed E-state index contributed by atoms with van der Waals surface area (Å²) in [5, 5.41) is 0. The number of fused-ring (bicyclic) bond motifs is 3. The number of rotatable bonds is 7. The van der Waals surface area contributed by atoms with E-state index in [0.717, 1.165) is 6.42 Å². The fourth-order valence-corrected chi connectivity index (χ4v) is 11.3. The van der Waals surface area contributed by atoms with Gasteiger partial charge in [-0.05, 0) is 0 Å². The van der Waals surface area contributed by atoms with Crippen molar-refractivity contribution < 1.29 is 47.6 Å². The minimum atomic E-state index is -1.20. The zero-order valence-corrected chi connectivity index (χ0v) is 30.1. The van der Waals surface area contributed by atoms with E-state index in [1.54, 1.807) is 25.5 Å². The molecule has 0 nitrogen and oxygen atoms in total. The van der Waals surface area contributed by atoms with Gasteiger partial charge in [0.1, 0.15) is 0 Å². The topological polar surface area (TPSA) is 0 Å². The summed E-state index contributed by atoms with van der Waals surface area (Å²) in [6.07, 6.45) is 8.05. The Hall–Kier alpha value is -2.31. The van der Waals surface area contributed by atoms with E-state index >= 15 is 0 Å². The first kappa shape index (κ1) is 33.6. The predicted octanol–water partition coefficient (Wildman–Crippen LogP) is 4.83. The van der Waals surface area contributed by atoms with Gasteiger partial charge in [-0.1, -0.05) is 0 Å². The molecule has 4 aromatic rings. The molecule has 0 aliphatic heterocycles. The molecule has 6 rings (SSSR count). The van der Waals surface area contributed by atoms with E-state index in [9.17, 15) is 0 Å². The van der Waals surface area contributed by atoms with Crippen molar-refractivity contribution in [3.63, 3.8) is 0 Å². The third-order valence-electron chi connectivity index (χ3n) is 8.76. The Bertz CT molecular complexity index is 1630. The SMILES string of the molecule is CC(C)c1cccc2c1-c1cc(C(C)C)c(C(C)C)c(C3=CC=CC3)c1[CH]2[Zr+2]=[C](c1ccccc1)c1ccccc1.[Cl-].[Cl-]. The molecule has 3 heteroatoms. The number of hydrogen-bond donors (Lipinski definition) is 0. The quantitative estimate of drug-likeness (QED) is 0.262. The predicted molar refractivity (Wildman–Crippen MR) is 174 cm³/mol. The molecule has 0 amide bonds. The maximum Gasteiger partial charge on any atom is -1.00 e. The summed E-state index contributed by atoms with van der Waals surface area (Å²) >= 11 is -1.20. The van der Waals surface area contributed by atoms with Gasteiger partial charge in [0.2, 0.25) is 0 Å². The Morgan fingerprint density at radius 2 is 1.28 bits per heavy atom. The van der Waals surface area contributed by atoms with Crippen molar-refractivity contribution in [3.8, 4) is 11.1 Å². The summed E-state index contributed by atoms with van der Waals surface area (Å²) in [6, 6.07) is 32.2.